The van der Waals surface area contributed by atoms with Gasteiger partial charge < -0.3 is 5.32 Å². The monoisotopic (exact) mass is 199 g/mol. The number of rotatable bonds is 0. The van der Waals surface area contributed by atoms with Crippen molar-refractivity contribution in [3.8, 4) is 0 Å². The Kier molecular flexibility index (Phi) is 1.88. The summed E-state index contributed by atoms with van der Waals surface area (Å²) in [7, 11) is 0. The molecule has 1 N–H and O–H groups in total. The molecule has 0 saturated carbocycles. The molecule has 0 fully saturated rings. The van der Waals surface area contributed by atoms with Gasteiger partial charge in [0.25, 0.3) is 0 Å². The summed E-state index contributed by atoms with van der Waals surface area (Å²) in [4.78, 5) is 0. The standard InChI is InChI=1S/C14H17N/c1-9-3-5-11-12-6-4-10(2)8-14(12)15-13(11)7-9/h3-7,10,12,14-15H,8H2,1-2H3. The van der Waals surface area contributed by atoms with Crippen LogP contribution in [0.5, 0.6) is 0 Å². The summed E-state index contributed by atoms with van der Waals surface area (Å²) in [5, 5.41) is 3.66. The third-order valence-corrected chi connectivity index (χ3v) is 3.62. The van der Waals surface area contributed by atoms with Gasteiger partial charge in [-0.1, -0.05) is 31.2 Å². The number of hydrogen-bond acceptors (Lipinski definition) is 1. The predicted molar refractivity (Wildman–Crippen MR) is 64.3 cm³/mol. The van der Waals surface area contributed by atoms with E-state index >= 15 is 0 Å². The summed E-state index contributed by atoms with van der Waals surface area (Å²) >= 11 is 0. The van der Waals surface area contributed by atoms with E-state index in [2.05, 4.69) is 49.5 Å². The smallest absolute Gasteiger partial charge is 0.0384 e. The first-order chi connectivity index (χ1) is 7.24. The zero-order valence-electron chi connectivity index (χ0n) is 9.33. The highest BCUT2D eigenvalue weighted by molar-refractivity contribution is 5.62. The van der Waals surface area contributed by atoms with Crippen molar-refractivity contribution in [1.29, 1.82) is 0 Å². The lowest BCUT2D eigenvalue weighted by molar-refractivity contribution is 0.512. The van der Waals surface area contributed by atoms with Gasteiger partial charge in [-0.2, -0.15) is 0 Å². The number of benzene rings is 1. The van der Waals surface area contributed by atoms with Crippen LogP contribution < -0.4 is 5.32 Å². The van der Waals surface area contributed by atoms with Crippen LogP contribution in [0.3, 0.4) is 0 Å². The van der Waals surface area contributed by atoms with Crippen LogP contribution >= 0.6 is 0 Å². The van der Waals surface area contributed by atoms with Gasteiger partial charge in [0.1, 0.15) is 0 Å². The van der Waals surface area contributed by atoms with Crippen molar-refractivity contribution < 1.29 is 0 Å². The molecule has 15 heavy (non-hydrogen) atoms. The SMILES string of the molecule is Cc1ccc2c(c1)NC1CC(C)C=CC21. The zero-order valence-corrected chi connectivity index (χ0v) is 9.33. The van der Waals surface area contributed by atoms with Crippen LogP contribution in [0.15, 0.2) is 30.4 Å². The second-order valence-corrected chi connectivity index (χ2v) is 4.97. The fourth-order valence-corrected chi connectivity index (χ4v) is 2.82. The van der Waals surface area contributed by atoms with Crippen molar-refractivity contribution in [1.82, 2.24) is 0 Å². The first-order valence-electron chi connectivity index (χ1n) is 5.79. The second kappa shape index (κ2) is 3.13. The molecule has 1 aliphatic heterocycles. The Morgan fingerprint density at radius 3 is 3.00 bits per heavy atom. The molecule has 78 valence electrons. The number of nitrogens with one attached hydrogen (secondary N) is 1. The van der Waals surface area contributed by atoms with Gasteiger partial charge in [-0.05, 0) is 36.5 Å². The summed E-state index contributed by atoms with van der Waals surface area (Å²) in [5.74, 6) is 1.32. The molecule has 1 heteroatoms. The normalized spacial score (nSPS) is 32.0. The van der Waals surface area contributed by atoms with Crippen LogP contribution in [0.25, 0.3) is 0 Å². The highest BCUT2D eigenvalue weighted by Gasteiger charge is 2.32. The topological polar surface area (TPSA) is 12.0 Å². The molecule has 1 aliphatic carbocycles. The molecule has 0 radical (unpaired) electrons. The molecule has 3 atom stereocenters. The van der Waals surface area contributed by atoms with Crippen molar-refractivity contribution in [3.63, 3.8) is 0 Å². The molecule has 0 aromatic heterocycles. The summed E-state index contributed by atoms with van der Waals surface area (Å²) < 4.78 is 0. The lowest BCUT2D eigenvalue weighted by atomic mass is 9.83. The fraction of sp³-hybridized carbons (Fsp3) is 0.429. The van der Waals surface area contributed by atoms with E-state index in [0.717, 1.165) is 0 Å². The molecule has 0 amide bonds. The van der Waals surface area contributed by atoms with Crippen LogP contribution in [-0.4, -0.2) is 6.04 Å². The molecule has 0 saturated heterocycles. The Labute approximate surface area is 91.2 Å². The van der Waals surface area contributed by atoms with E-state index in [0.29, 0.717) is 17.9 Å². The Balaban J connectivity index is 2.02. The Hall–Kier alpha value is -1.24. The lowest BCUT2D eigenvalue weighted by Gasteiger charge is -2.24. The molecular weight excluding hydrogens is 182 g/mol. The second-order valence-electron chi connectivity index (χ2n) is 4.97. The number of allylic oxidation sites excluding steroid dienone is 1. The maximum Gasteiger partial charge on any atom is 0.0384 e. The first kappa shape index (κ1) is 9.02. The molecule has 3 rings (SSSR count). The average Bonchev–Trinajstić information content (AvgIpc) is 2.53. The molecule has 1 heterocycles. The maximum atomic E-state index is 3.66. The van der Waals surface area contributed by atoms with Crippen molar-refractivity contribution in [2.75, 3.05) is 5.32 Å². The van der Waals surface area contributed by atoms with Crippen LogP contribution in [0, 0.1) is 12.8 Å². The molecule has 2 aliphatic rings. The van der Waals surface area contributed by atoms with E-state index in [1.54, 1.807) is 0 Å². The summed E-state index contributed by atoms with van der Waals surface area (Å²) in [6.07, 6.45) is 6.00. The van der Waals surface area contributed by atoms with Gasteiger partial charge in [0, 0.05) is 17.6 Å². The Bertz CT molecular complexity index is 419. The molecule has 3 unspecified atom stereocenters. The minimum atomic E-state index is 0.608. The quantitative estimate of drug-likeness (QED) is 0.631. The first-order valence-corrected chi connectivity index (χ1v) is 5.79. The highest BCUT2D eigenvalue weighted by Crippen LogP contribution is 2.42. The zero-order chi connectivity index (χ0) is 10.4. The maximum absolute atomic E-state index is 3.66. The van der Waals surface area contributed by atoms with E-state index in [1.807, 2.05) is 0 Å². The van der Waals surface area contributed by atoms with Crippen molar-refractivity contribution in [2.45, 2.75) is 32.2 Å². The number of hydrogen-bond donors (Lipinski definition) is 1. The third-order valence-electron chi connectivity index (χ3n) is 3.62. The van der Waals surface area contributed by atoms with Crippen LogP contribution in [0.4, 0.5) is 5.69 Å². The third kappa shape index (κ3) is 1.38. The van der Waals surface area contributed by atoms with Gasteiger partial charge in [0.15, 0.2) is 0 Å². The molecule has 0 spiro atoms. The van der Waals surface area contributed by atoms with E-state index in [1.165, 1.54) is 23.2 Å². The fourth-order valence-electron chi connectivity index (χ4n) is 2.82. The summed E-state index contributed by atoms with van der Waals surface area (Å²) in [6, 6.07) is 7.39. The molecule has 0 bridgehead atoms. The Morgan fingerprint density at radius 2 is 2.13 bits per heavy atom. The van der Waals surface area contributed by atoms with Gasteiger partial charge in [-0.15, -0.1) is 0 Å². The highest BCUT2D eigenvalue weighted by atomic mass is 15.0. The lowest BCUT2D eigenvalue weighted by Crippen LogP contribution is -2.24. The number of fused-ring (bicyclic) bond motifs is 3. The van der Waals surface area contributed by atoms with E-state index < -0.39 is 0 Å². The van der Waals surface area contributed by atoms with Crippen LogP contribution in [-0.2, 0) is 0 Å². The molecule has 1 aromatic rings. The van der Waals surface area contributed by atoms with E-state index in [9.17, 15) is 0 Å². The molecular formula is C14H17N. The van der Waals surface area contributed by atoms with E-state index in [4.69, 9.17) is 0 Å². The average molecular weight is 199 g/mol. The predicted octanol–water partition coefficient (Wildman–Crippen LogP) is 3.47. The van der Waals surface area contributed by atoms with Gasteiger partial charge in [-0.25, -0.2) is 0 Å². The van der Waals surface area contributed by atoms with Gasteiger partial charge in [0.2, 0.25) is 0 Å². The summed E-state index contributed by atoms with van der Waals surface area (Å²) in [6.45, 7) is 4.45. The minimum Gasteiger partial charge on any atom is -0.381 e. The van der Waals surface area contributed by atoms with Crippen molar-refractivity contribution in [3.05, 3.63) is 41.5 Å². The summed E-state index contributed by atoms with van der Waals surface area (Å²) in [5.41, 5.74) is 4.18. The van der Waals surface area contributed by atoms with E-state index in [-0.39, 0.29) is 0 Å². The van der Waals surface area contributed by atoms with Gasteiger partial charge >= 0.3 is 0 Å². The van der Waals surface area contributed by atoms with Gasteiger partial charge in [0.05, 0.1) is 0 Å². The Morgan fingerprint density at radius 1 is 1.27 bits per heavy atom. The van der Waals surface area contributed by atoms with Crippen LogP contribution in [0.1, 0.15) is 30.4 Å². The molecule has 1 nitrogen and oxygen atoms in total. The van der Waals surface area contributed by atoms with Gasteiger partial charge in [-0.3, -0.25) is 0 Å². The minimum absolute atomic E-state index is 0.608. The number of aryl methyl sites for hydroxylation is 1. The number of anilines is 1. The van der Waals surface area contributed by atoms with Crippen molar-refractivity contribution >= 4 is 5.69 Å². The van der Waals surface area contributed by atoms with Crippen molar-refractivity contribution in [2.24, 2.45) is 5.92 Å². The van der Waals surface area contributed by atoms with Crippen LogP contribution in [0.2, 0.25) is 0 Å². The molecule has 1 aromatic carbocycles. The largest absolute Gasteiger partial charge is 0.381 e.